The fourth-order valence-electron chi connectivity index (χ4n) is 2.12. The smallest absolute Gasteiger partial charge is 0.0692 e. The second-order valence-corrected chi connectivity index (χ2v) is 4.69. The molecular weight excluding hydrogens is 224 g/mol. The first-order valence-corrected chi connectivity index (χ1v) is 6.36. The molecule has 0 aliphatic heterocycles. The van der Waals surface area contributed by atoms with Crippen LogP contribution >= 0.6 is 0 Å². The van der Waals surface area contributed by atoms with Crippen LogP contribution in [0.15, 0.2) is 30.6 Å². The SMILES string of the molecule is Cc1cc(C)cc(CNCCCn2ccnn2)c1. The summed E-state index contributed by atoms with van der Waals surface area (Å²) in [5.41, 5.74) is 4.01. The van der Waals surface area contributed by atoms with Crippen LogP contribution in [0.1, 0.15) is 23.1 Å². The number of hydrogen-bond acceptors (Lipinski definition) is 3. The number of aryl methyl sites for hydroxylation is 3. The van der Waals surface area contributed by atoms with Crippen LogP contribution < -0.4 is 5.32 Å². The maximum absolute atomic E-state index is 3.93. The Bertz CT molecular complexity index is 456. The molecule has 0 fully saturated rings. The first-order chi connectivity index (χ1) is 8.74. The van der Waals surface area contributed by atoms with Gasteiger partial charge in [0.1, 0.15) is 0 Å². The maximum Gasteiger partial charge on any atom is 0.0692 e. The second kappa shape index (κ2) is 6.31. The fraction of sp³-hybridized carbons (Fsp3) is 0.429. The fourth-order valence-corrected chi connectivity index (χ4v) is 2.12. The largest absolute Gasteiger partial charge is 0.313 e. The lowest BCUT2D eigenvalue weighted by Gasteiger charge is -2.07. The van der Waals surface area contributed by atoms with E-state index in [-0.39, 0.29) is 0 Å². The van der Waals surface area contributed by atoms with Gasteiger partial charge in [-0.2, -0.15) is 0 Å². The maximum atomic E-state index is 3.93. The van der Waals surface area contributed by atoms with Gasteiger partial charge in [-0.05, 0) is 32.4 Å². The molecular formula is C14H20N4. The highest BCUT2D eigenvalue weighted by Gasteiger charge is 1.96. The highest BCUT2D eigenvalue weighted by atomic mass is 15.4. The second-order valence-electron chi connectivity index (χ2n) is 4.69. The van der Waals surface area contributed by atoms with Crippen LogP contribution in [0.5, 0.6) is 0 Å². The molecule has 1 N–H and O–H groups in total. The van der Waals surface area contributed by atoms with Crippen molar-refractivity contribution in [1.29, 1.82) is 0 Å². The van der Waals surface area contributed by atoms with E-state index in [1.807, 2.05) is 10.9 Å². The molecule has 0 atom stereocenters. The molecule has 0 aliphatic rings. The van der Waals surface area contributed by atoms with E-state index >= 15 is 0 Å². The van der Waals surface area contributed by atoms with Crippen molar-refractivity contribution in [1.82, 2.24) is 20.3 Å². The molecule has 0 bridgehead atoms. The Balaban J connectivity index is 1.68. The van der Waals surface area contributed by atoms with Crippen LogP contribution in [0.3, 0.4) is 0 Å². The van der Waals surface area contributed by atoms with Gasteiger partial charge in [-0.15, -0.1) is 5.10 Å². The number of nitrogens with one attached hydrogen (secondary N) is 1. The minimum atomic E-state index is 0.917. The average Bonchev–Trinajstić information content (AvgIpc) is 2.80. The van der Waals surface area contributed by atoms with E-state index in [2.05, 4.69) is 47.7 Å². The number of nitrogens with zero attached hydrogens (tertiary/aromatic N) is 3. The van der Waals surface area contributed by atoms with Crippen molar-refractivity contribution < 1.29 is 0 Å². The lowest BCUT2D eigenvalue weighted by atomic mass is 10.1. The van der Waals surface area contributed by atoms with Crippen molar-refractivity contribution in [2.24, 2.45) is 0 Å². The van der Waals surface area contributed by atoms with Crippen LogP contribution in [-0.4, -0.2) is 21.5 Å². The molecule has 18 heavy (non-hydrogen) atoms. The van der Waals surface area contributed by atoms with Crippen molar-refractivity contribution >= 4 is 0 Å². The summed E-state index contributed by atoms with van der Waals surface area (Å²) in [5, 5.41) is 11.2. The van der Waals surface area contributed by atoms with Crippen molar-refractivity contribution in [2.45, 2.75) is 33.4 Å². The zero-order chi connectivity index (χ0) is 12.8. The molecule has 1 aromatic heterocycles. The van der Waals surface area contributed by atoms with Gasteiger partial charge in [0.15, 0.2) is 0 Å². The topological polar surface area (TPSA) is 42.7 Å². The Kier molecular flexibility index (Phi) is 4.47. The lowest BCUT2D eigenvalue weighted by Crippen LogP contribution is -2.16. The summed E-state index contributed by atoms with van der Waals surface area (Å²) in [6.07, 6.45) is 4.67. The summed E-state index contributed by atoms with van der Waals surface area (Å²) in [7, 11) is 0. The summed E-state index contributed by atoms with van der Waals surface area (Å²) in [5.74, 6) is 0. The number of hydrogen-bond donors (Lipinski definition) is 1. The van der Waals surface area contributed by atoms with Gasteiger partial charge in [-0.25, -0.2) is 0 Å². The number of benzene rings is 1. The lowest BCUT2D eigenvalue weighted by molar-refractivity contribution is 0.530. The first-order valence-electron chi connectivity index (χ1n) is 6.36. The minimum absolute atomic E-state index is 0.917. The normalized spacial score (nSPS) is 10.8. The third-order valence-electron chi connectivity index (χ3n) is 2.82. The first kappa shape index (κ1) is 12.8. The Labute approximate surface area is 108 Å². The van der Waals surface area contributed by atoms with Crippen LogP contribution in [-0.2, 0) is 13.1 Å². The minimum Gasteiger partial charge on any atom is -0.313 e. The van der Waals surface area contributed by atoms with E-state index in [1.54, 1.807) is 6.20 Å². The van der Waals surface area contributed by atoms with E-state index in [4.69, 9.17) is 0 Å². The van der Waals surface area contributed by atoms with Gasteiger partial charge in [0, 0.05) is 19.3 Å². The van der Waals surface area contributed by atoms with Crippen LogP contribution in [0, 0.1) is 13.8 Å². The number of rotatable bonds is 6. The Morgan fingerprint density at radius 3 is 2.61 bits per heavy atom. The molecule has 1 heterocycles. The standard InChI is InChI=1S/C14H20N4/c1-12-8-13(2)10-14(9-12)11-15-4-3-6-18-7-5-16-17-18/h5,7-10,15H,3-4,6,11H2,1-2H3. The molecule has 0 radical (unpaired) electrons. The molecule has 1 aromatic carbocycles. The van der Waals surface area contributed by atoms with Gasteiger partial charge in [-0.1, -0.05) is 34.5 Å². The Hall–Kier alpha value is -1.68. The average molecular weight is 244 g/mol. The molecule has 2 aromatic rings. The summed E-state index contributed by atoms with van der Waals surface area (Å²) in [4.78, 5) is 0. The van der Waals surface area contributed by atoms with Crippen LogP contribution in [0.4, 0.5) is 0 Å². The van der Waals surface area contributed by atoms with E-state index in [9.17, 15) is 0 Å². The molecule has 0 unspecified atom stereocenters. The van der Waals surface area contributed by atoms with Gasteiger partial charge in [0.2, 0.25) is 0 Å². The third kappa shape index (κ3) is 3.96. The summed E-state index contributed by atoms with van der Waals surface area (Å²) >= 11 is 0. The Morgan fingerprint density at radius 1 is 1.17 bits per heavy atom. The molecule has 4 nitrogen and oxygen atoms in total. The summed E-state index contributed by atoms with van der Waals surface area (Å²) < 4.78 is 1.86. The van der Waals surface area contributed by atoms with E-state index < -0.39 is 0 Å². The zero-order valence-corrected chi connectivity index (χ0v) is 11.1. The van der Waals surface area contributed by atoms with Gasteiger partial charge >= 0.3 is 0 Å². The van der Waals surface area contributed by atoms with Gasteiger partial charge < -0.3 is 5.32 Å². The van der Waals surface area contributed by atoms with E-state index in [1.165, 1.54) is 16.7 Å². The van der Waals surface area contributed by atoms with Crippen LogP contribution in [0.2, 0.25) is 0 Å². The molecule has 0 saturated carbocycles. The van der Waals surface area contributed by atoms with Gasteiger partial charge in [0.25, 0.3) is 0 Å². The van der Waals surface area contributed by atoms with Crippen LogP contribution in [0.25, 0.3) is 0 Å². The van der Waals surface area contributed by atoms with E-state index in [0.717, 1.165) is 26.1 Å². The van der Waals surface area contributed by atoms with Crippen molar-refractivity contribution in [2.75, 3.05) is 6.54 Å². The molecule has 0 aliphatic carbocycles. The molecule has 0 amide bonds. The van der Waals surface area contributed by atoms with Gasteiger partial charge in [0.05, 0.1) is 6.20 Å². The zero-order valence-electron chi connectivity index (χ0n) is 11.1. The van der Waals surface area contributed by atoms with Gasteiger partial charge in [-0.3, -0.25) is 4.68 Å². The third-order valence-corrected chi connectivity index (χ3v) is 2.82. The highest BCUT2D eigenvalue weighted by molar-refractivity contribution is 5.28. The molecule has 0 spiro atoms. The summed E-state index contributed by atoms with van der Waals surface area (Å²) in [6.45, 7) is 7.12. The van der Waals surface area contributed by atoms with E-state index in [0.29, 0.717) is 0 Å². The molecule has 96 valence electrons. The van der Waals surface area contributed by atoms with Crippen molar-refractivity contribution in [3.8, 4) is 0 Å². The highest BCUT2D eigenvalue weighted by Crippen LogP contribution is 2.08. The molecule has 2 rings (SSSR count). The quantitative estimate of drug-likeness (QED) is 0.791. The predicted molar refractivity (Wildman–Crippen MR) is 72.3 cm³/mol. The Morgan fingerprint density at radius 2 is 1.94 bits per heavy atom. The summed E-state index contributed by atoms with van der Waals surface area (Å²) in [6, 6.07) is 6.67. The number of aromatic nitrogens is 3. The monoisotopic (exact) mass is 244 g/mol. The molecule has 0 saturated heterocycles. The predicted octanol–water partition coefficient (Wildman–Crippen LogP) is 2.07. The van der Waals surface area contributed by atoms with Crippen molar-refractivity contribution in [3.05, 3.63) is 47.3 Å². The molecule has 4 heteroatoms. The van der Waals surface area contributed by atoms with Crippen molar-refractivity contribution in [3.63, 3.8) is 0 Å².